The molecular formula is C40H37Cl. The van der Waals surface area contributed by atoms with Crippen LogP contribution >= 0.6 is 11.6 Å². The van der Waals surface area contributed by atoms with E-state index in [1.165, 1.54) is 100 Å². The van der Waals surface area contributed by atoms with Gasteiger partial charge >= 0.3 is 0 Å². The fourth-order valence-corrected chi connectivity index (χ4v) is 8.82. The zero-order valence-electron chi connectivity index (χ0n) is 25.4. The van der Waals surface area contributed by atoms with E-state index in [2.05, 4.69) is 110 Å². The number of halogens is 1. The summed E-state index contributed by atoms with van der Waals surface area (Å²) in [5, 5.41) is 1.04. The van der Waals surface area contributed by atoms with Crippen molar-refractivity contribution in [1.82, 2.24) is 0 Å². The van der Waals surface area contributed by atoms with Crippen LogP contribution in [0.25, 0.3) is 0 Å². The van der Waals surface area contributed by atoms with E-state index in [4.69, 9.17) is 11.6 Å². The van der Waals surface area contributed by atoms with Crippen LogP contribution < -0.4 is 0 Å². The van der Waals surface area contributed by atoms with Gasteiger partial charge < -0.3 is 0 Å². The quantitative estimate of drug-likeness (QED) is 0.220. The summed E-state index contributed by atoms with van der Waals surface area (Å²) in [7, 11) is 0. The van der Waals surface area contributed by atoms with Crippen LogP contribution in [0.4, 0.5) is 0 Å². The molecule has 4 aromatic rings. The molecule has 0 fully saturated rings. The third kappa shape index (κ3) is 3.23. The number of hydrogen-bond donors (Lipinski definition) is 0. The second kappa shape index (κ2) is 8.36. The lowest BCUT2D eigenvalue weighted by Crippen LogP contribution is -2.32. The Morgan fingerprint density at radius 3 is 1.05 bits per heavy atom. The van der Waals surface area contributed by atoms with Gasteiger partial charge in [0.2, 0.25) is 0 Å². The van der Waals surface area contributed by atoms with Crippen molar-refractivity contribution in [1.29, 1.82) is 0 Å². The standard InChI is InChI=1S/C40H37Cl/c1-18-9-26-28-17-35(36(29(26)11-20(18)3)30-12-21(4)19(2)10-27(28)30)39-37-31-13-22(5)24(7)15-33(31)38(40(39)41)34-16-25(8)23(6)14-32(34)37/h9-17,28,36-38H,1-8H3. The van der Waals surface area contributed by atoms with Crippen molar-refractivity contribution in [2.24, 2.45) is 0 Å². The van der Waals surface area contributed by atoms with Crippen molar-refractivity contribution in [2.45, 2.75) is 79.1 Å². The van der Waals surface area contributed by atoms with Gasteiger partial charge in [-0.2, -0.15) is 0 Å². The van der Waals surface area contributed by atoms with Crippen molar-refractivity contribution >= 4 is 11.6 Å². The highest BCUT2D eigenvalue weighted by Gasteiger charge is 2.48. The van der Waals surface area contributed by atoms with Crippen molar-refractivity contribution in [3.05, 3.63) is 160 Å². The number of aryl methyl sites for hydroxylation is 8. The highest BCUT2D eigenvalue weighted by Crippen LogP contribution is 2.64. The summed E-state index contributed by atoms with van der Waals surface area (Å²) in [6, 6.07) is 19.6. The molecule has 0 nitrogen and oxygen atoms in total. The van der Waals surface area contributed by atoms with Gasteiger partial charge in [0.15, 0.2) is 0 Å². The molecule has 10 rings (SSSR count). The van der Waals surface area contributed by atoms with E-state index >= 15 is 0 Å². The van der Waals surface area contributed by atoms with E-state index < -0.39 is 0 Å². The smallest absolute Gasteiger partial charge is 0.0457 e. The van der Waals surface area contributed by atoms with Crippen molar-refractivity contribution in [2.75, 3.05) is 0 Å². The van der Waals surface area contributed by atoms with Crippen LogP contribution in [0.3, 0.4) is 0 Å². The lowest BCUT2D eigenvalue weighted by Gasteiger charge is -2.48. The van der Waals surface area contributed by atoms with Gasteiger partial charge in [0, 0.05) is 28.7 Å². The minimum absolute atomic E-state index is 0.0973. The number of fused-ring (bicyclic) bond motifs is 1. The van der Waals surface area contributed by atoms with Gasteiger partial charge in [-0.25, -0.2) is 0 Å². The Morgan fingerprint density at radius 1 is 0.390 bits per heavy atom. The monoisotopic (exact) mass is 552 g/mol. The first-order valence-corrected chi connectivity index (χ1v) is 15.5. The van der Waals surface area contributed by atoms with Gasteiger partial charge in [0.1, 0.15) is 0 Å². The highest BCUT2D eigenvalue weighted by atomic mass is 35.5. The van der Waals surface area contributed by atoms with E-state index in [1.807, 2.05) is 0 Å². The van der Waals surface area contributed by atoms with Crippen LogP contribution in [0.1, 0.15) is 113 Å². The normalized spacial score (nSPS) is 22.8. The first kappa shape index (κ1) is 25.4. The third-order valence-electron chi connectivity index (χ3n) is 11.1. The lowest BCUT2D eigenvalue weighted by atomic mass is 9.56. The molecule has 4 bridgehead atoms. The van der Waals surface area contributed by atoms with Gasteiger partial charge in [0.05, 0.1) is 0 Å². The number of benzene rings is 4. The van der Waals surface area contributed by atoms with Crippen LogP contribution in [0, 0.1) is 55.4 Å². The molecule has 4 aromatic carbocycles. The second-order valence-electron chi connectivity index (χ2n) is 13.4. The average molecular weight is 553 g/mol. The average Bonchev–Trinajstić information content (AvgIpc) is 2.92. The second-order valence-corrected chi connectivity index (χ2v) is 13.8. The molecule has 0 saturated heterocycles. The minimum atomic E-state index is 0.0973. The molecule has 0 N–H and O–H groups in total. The molecule has 0 spiro atoms. The van der Waals surface area contributed by atoms with E-state index in [1.54, 1.807) is 0 Å². The number of rotatable bonds is 1. The minimum Gasteiger partial charge on any atom is -0.0878 e. The fraction of sp³-hybridized carbons (Fsp3) is 0.300. The summed E-state index contributed by atoms with van der Waals surface area (Å²) in [4.78, 5) is 0. The van der Waals surface area contributed by atoms with Gasteiger partial charge in [-0.05, 0) is 156 Å². The summed E-state index contributed by atoms with van der Waals surface area (Å²) in [5.74, 6) is 0.720. The van der Waals surface area contributed by atoms with E-state index in [-0.39, 0.29) is 23.7 Å². The Bertz CT molecular complexity index is 1830. The molecule has 1 heteroatoms. The molecule has 204 valence electrons. The summed E-state index contributed by atoms with van der Waals surface area (Å²) >= 11 is 7.70. The Kier molecular flexibility index (Phi) is 5.17. The van der Waals surface area contributed by atoms with Crippen LogP contribution in [-0.4, -0.2) is 0 Å². The lowest BCUT2D eigenvalue weighted by molar-refractivity contribution is 0.707. The predicted molar refractivity (Wildman–Crippen MR) is 172 cm³/mol. The van der Waals surface area contributed by atoms with Crippen LogP contribution in [0.15, 0.2) is 70.8 Å². The summed E-state index contributed by atoms with van der Waals surface area (Å²) < 4.78 is 0. The Balaban J connectivity index is 1.42. The Labute approximate surface area is 249 Å². The molecule has 0 unspecified atom stereocenters. The molecule has 0 heterocycles. The topological polar surface area (TPSA) is 0 Å². The van der Waals surface area contributed by atoms with Gasteiger partial charge in [-0.1, -0.05) is 66.2 Å². The molecule has 6 aliphatic carbocycles. The third-order valence-corrected chi connectivity index (χ3v) is 11.5. The molecule has 0 aliphatic heterocycles. The molecule has 0 atom stereocenters. The van der Waals surface area contributed by atoms with E-state index in [9.17, 15) is 0 Å². The fourth-order valence-electron chi connectivity index (χ4n) is 8.37. The molecular weight excluding hydrogens is 516 g/mol. The number of allylic oxidation sites excluding steroid dienone is 4. The molecule has 0 aromatic heterocycles. The molecule has 0 saturated carbocycles. The first-order valence-electron chi connectivity index (χ1n) is 15.1. The van der Waals surface area contributed by atoms with Crippen LogP contribution in [0.2, 0.25) is 0 Å². The van der Waals surface area contributed by atoms with Crippen LogP contribution in [0.5, 0.6) is 0 Å². The van der Waals surface area contributed by atoms with Gasteiger partial charge in [-0.3, -0.25) is 0 Å². The highest BCUT2D eigenvalue weighted by molar-refractivity contribution is 6.32. The maximum atomic E-state index is 7.70. The zero-order valence-corrected chi connectivity index (χ0v) is 26.1. The van der Waals surface area contributed by atoms with Crippen molar-refractivity contribution in [3.63, 3.8) is 0 Å². The van der Waals surface area contributed by atoms with Crippen LogP contribution in [-0.2, 0) is 0 Å². The molecule has 0 amide bonds. The molecule has 41 heavy (non-hydrogen) atoms. The largest absolute Gasteiger partial charge is 0.0878 e. The predicted octanol–water partition coefficient (Wildman–Crippen LogP) is 10.5. The summed E-state index contributed by atoms with van der Waals surface area (Å²) in [5.41, 5.74) is 25.4. The SMILES string of the molecule is Cc1cc2c(cc1C)C1C(C3=C(Cl)C4c5cc(C)c(C)cc5C3c3cc(C)c(C)cc34)=CC2c2cc(C)c(C)cc21. The maximum absolute atomic E-state index is 7.70. The summed E-state index contributed by atoms with van der Waals surface area (Å²) in [6.45, 7) is 18.0. The van der Waals surface area contributed by atoms with Gasteiger partial charge in [-0.15, -0.1) is 0 Å². The first-order chi connectivity index (χ1) is 19.5. The van der Waals surface area contributed by atoms with Crippen molar-refractivity contribution in [3.8, 4) is 0 Å². The maximum Gasteiger partial charge on any atom is 0.0457 e. The zero-order chi connectivity index (χ0) is 28.6. The van der Waals surface area contributed by atoms with Gasteiger partial charge in [0.25, 0.3) is 0 Å². The summed E-state index contributed by atoms with van der Waals surface area (Å²) in [6.07, 6.45) is 2.60. The number of hydrogen-bond acceptors (Lipinski definition) is 0. The molecule has 0 radical (unpaired) electrons. The van der Waals surface area contributed by atoms with E-state index in [0.717, 1.165) is 5.03 Å². The van der Waals surface area contributed by atoms with E-state index in [0.29, 0.717) is 0 Å². The Morgan fingerprint density at radius 2 is 0.683 bits per heavy atom. The van der Waals surface area contributed by atoms with Crippen molar-refractivity contribution < 1.29 is 0 Å². The molecule has 6 aliphatic rings. The Hall–Kier alpha value is -3.35.